The van der Waals surface area contributed by atoms with Gasteiger partial charge < -0.3 is 14.8 Å². The molecule has 1 heterocycles. The molecule has 0 aliphatic heterocycles. The number of phenolic OH excluding ortho intramolecular Hbond substituents is 1. The minimum Gasteiger partial charge on any atom is -0.508 e. The molecule has 1 amide bonds. The average molecular weight is 285 g/mol. The van der Waals surface area contributed by atoms with E-state index in [1.807, 2.05) is 0 Å². The summed E-state index contributed by atoms with van der Waals surface area (Å²) < 4.78 is 18.8. The van der Waals surface area contributed by atoms with Crippen LogP contribution in [-0.4, -0.2) is 18.1 Å². The van der Waals surface area contributed by atoms with Gasteiger partial charge in [-0.3, -0.25) is 4.79 Å². The van der Waals surface area contributed by atoms with E-state index < -0.39 is 0 Å². The van der Waals surface area contributed by atoms with Crippen LogP contribution in [-0.2, 0) is 0 Å². The molecule has 0 fully saturated rings. The van der Waals surface area contributed by atoms with Crippen molar-refractivity contribution in [1.29, 1.82) is 0 Å². The largest absolute Gasteiger partial charge is 0.508 e. The van der Waals surface area contributed by atoms with Crippen molar-refractivity contribution in [2.24, 2.45) is 0 Å². The van der Waals surface area contributed by atoms with E-state index in [4.69, 9.17) is 4.42 Å². The number of amides is 1. The summed E-state index contributed by atoms with van der Waals surface area (Å²) in [5.74, 6) is -0.318. The van der Waals surface area contributed by atoms with Crippen molar-refractivity contribution >= 4 is 16.9 Å². The number of hydrogen-bond acceptors (Lipinski definition) is 3. The average Bonchev–Trinajstić information content (AvgIpc) is 2.85. The first-order valence-corrected chi connectivity index (χ1v) is 6.33. The third-order valence-electron chi connectivity index (χ3n) is 3.23. The number of phenols is 1. The predicted octanol–water partition coefficient (Wildman–Crippen LogP) is 3.30. The van der Waals surface area contributed by atoms with Crippen LogP contribution in [0.2, 0.25) is 0 Å². The lowest BCUT2D eigenvalue weighted by atomic mass is 10.0. The van der Waals surface area contributed by atoms with Crippen LogP contribution in [0.25, 0.3) is 22.3 Å². The zero-order valence-corrected chi connectivity index (χ0v) is 11.2. The van der Waals surface area contributed by atoms with E-state index in [0.29, 0.717) is 27.9 Å². The zero-order chi connectivity index (χ0) is 15.0. The number of benzene rings is 2. The molecular weight excluding hydrogens is 273 g/mol. The van der Waals surface area contributed by atoms with Crippen LogP contribution < -0.4 is 5.32 Å². The molecule has 0 saturated heterocycles. The van der Waals surface area contributed by atoms with Crippen molar-refractivity contribution in [2.45, 2.75) is 0 Å². The Balaban J connectivity index is 2.30. The maximum atomic E-state index is 13.0. The number of fused-ring (bicyclic) bond motifs is 1. The van der Waals surface area contributed by atoms with Gasteiger partial charge in [0.15, 0.2) is 0 Å². The Morgan fingerprint density at radius 1 is 1.19 bits per heavy atom. The van der Waals surface area contributed by atoms with E-state index in [-0.39, 0.29) is 17.5 Å². The van der Waals surface area contributed by atoms with Gasteiger partial charge in [-0.15, -0.1) is 0 Å². The van der Waals surface area contributed by atoms with Crippen molar-refractivity contribution < 1.29 is 18.7 Å². The highest BCUT2D eigenvalue weighted by atomic mass is 19.1. The summed E-state index contributed by atoms with van der Waals surface area (Å²) in [4.78, 5) is 12.1. The lowest BCUT2D eigenvalue weighted by Gasteiger charge is -2.02. The van der Waals surface area contributed by atoms with E-state index in [1.165, 1.54) is 31.3 Å². The van der Waals surface area contributed by atoms with E-state index >= 15 is 0 Å². The highest BCUT2D eigenvalue weighted by molar-refractivity contribution is 6.11. The summed E-state index contributed by atoms with van der Waals surface area (Å²) in [6, 6.07) is 10.2. The van der Waals surface area contributed by atoms with Gasteiger partial charge in [-0.05, 0) is 42.5 Å². The summed E-state index contributed by atoms with van der Waals surface area (Å²) in [7, 11) is 1.51. The standard InChI is InChI=1S/C16H12FNO3/c1-18-16(20)14-12-8-11(19)6-7-13(12)21-15(14)9-2-4-10(17)5-3-9/h2-8,19H,1H3,(H,18,20). The first-order chi connectivity index (χ1) is 10.1. The highest BCUT2D eigenvalue weighted by Crippen LogP contribution is 2.35. The lowest BCUT2D eigenvalue weighted by Crippen LogP contribution is -2.18. The highest BCUT2D eigenvalue weighted by Gasteiger charge is 2.21. The number of nitrogens with one attached hydrogen (secondary N) is 1. The molecule has 0 unspecified atom stereocenters. The minimum absolute atomic E-state index is 0.0408. The normalized spacial score (nSPS) is 10.8. The molecule has 0 saturated carbocycles. The number of halogens is 1. The molecule has 2 aromatic carbocycles. The van der Waals surface area contributed by atoms with Crippen LogP contribution in [0.4, 0.5) is 4.39 Å². The quantitative estimate of drug-likeness (QED) is 0.759. The molecule has 4 nitrogen and oxygen atoms in total. The van der Waals surface area contributed by atoms with Gasteiger partial charge in [0.05, 0.1) is 5.56 Å². The fourth-order valence-electron chi connectivity index (χ4n) is 2.24. The van der Waals surface area contributed by atoms with E-state index in [1.54, 1.807) is 18.2 Å². The van der Waals surface area contributed by atoms with Crippen molar-refractivity contribution in [3.8, 4) is 17.1 Å². The summed E-state index contributed by atoms with van der Waals surface area (Å²) in [6.45, 7) is 0. The van der Waals surface area contributed by atoms with Crippen LogP contribution in [0.3, 0.4) is 0 Å². The Bertz CT molecular complexity index is 821. The van der Waals surface area contributed by atoms with Crippen LogP contribution >= 0.6 is 0 Å². The number of furan rings is 1. The van der Waals surface area contributed by atoms with Crippen molar-refractivity contribution in [3.05, 3.63) is 53.8 Å². The first-order valence-electron chi connectivity index (χ1n) is 6.33. The maximum absolute atomic E-state index is 13.0. The molecular formula is C16H12FNO3. The van der Waals surface area contributed by atoms with Gasteiger partial charge >= 0.3 is 0 Å². The van der Waals surface area contributed by atoms with Gasteiger partial charge in [-0.1, -0.05) is 0 Å². The molecule has 0 spiro atoms. The summed E-state index contributed by atoms with van der Waals surface area (Å²) in [5, 5.41) is 12.7. The van der Waals surface area contributed by atoms with Gasteiger partial charge in [-0.25, -0.2) is 4.39 Å². The van der Waals surface area contributed by atoms with E-state index in [2.05, 4.69) is 5.32 Å². The molecule has 5 heteroatoms. The Kier molecular flexibility index (Phi) is 3.10. The summed E-state index contributed by atoms with van der Waals surface area (Å²) in [5.41, 5.74) is 1.38. The monoisotopic (exact) mass is 285 g/mol. The van der Waals surface area contributed by atoms with Crippen LogP contribution in [0.1, 0.15) is 10.4 Å². The van der Waals surface area contributed by atoms with Gasteiger partial charge in [0.2, 0.25) is 0 Å². The zero-order valence-electron chi connectivity index (χ0n) is 11.2. The summed E-state index contributed by atoms with van der Waals surface area (Å²) in [6.07, 6.45) is 0. The number of aromatic hydroxyl groups is 1. The molecule has 2 N–H and O–H groups in total. The second-order valence-corrected chi connectivity index (χ2v) is 4.57. The van der Waals surface area contributed by atoms with Gasteiger partial charge in [0.25, 0.3) is 5.91 Å². The fraction of sp³-hybridized carbons (Fsp3) is 0.0625. The Labute approximate surface area is 119 Å². The number of carbonyl (C=O) groups excluding carboxylic acids is 1. The molecule has 0 atom stereocenters. The molecule has 0 aliphatic rings. The number of rotatable bonds is 2. The molecule has 3 aromatic rings. The van der Waals surface area contributed by atoms with Crippen LogP contribution in [0, 0.1) is 5.82 Å². The van der Waals surface area contributed by atoms with Crippen LogP contribution in [0.5, 0.6) is 5.75 Å². The molecule has 106 valence electrons. The lowest BCUT2D eigenvalue weighted by molar-refractivity contribution is 0.0964. The molecule has 21 heavy (non-hydrogen) atoms. The Hall–Kier alpha value is -2.82. The fourth-order valence-corrected chi connectivity index (χ4v) is 2.24. The second-order valence-electron chi connectivity index (χ2n) is 4.57. The summed E-state index contributed by atoms with van der Waals surface area (Å²) >= 11 is 0. The van der Waals surface area contributed by atoms with Crippen molar-refractivity contribution in [1.82, 2.24) is 5.32 Å². The molecule has 1 aromatic heterocycles. The molecule has 0 aliphatic carbocycles. The Morgan fingerprint density at radius 2 is 1.90 bits per heavy atom. The second kappa shape index (κ2) is 4.94. The van der Waals surface area contributed by atoms with Gasteiger partial charge in [0.1, 0.15) is 22.9 Å². The topological polar surface area (TPSA) is 62.5 Å². The molecule has 0 radical (unpaired) electrons. The number of hydrogen-bond donors (Lipinski definition) is 2. The van der Waals surface area contributed by atoms with Crippen molar-refractivity contribution in [3.63, 3.8) is 0 Å². The maximum Gasteiger partial charge on any atom is 0.255 e. The predicted molar refractivity (Wildman–Crippen MR) is 76.7 cm³/mol. The first kappa shape index (κ1) is 13.2. The molecule has 3 rings (SSSR count). The SMILES string of the molecule is CNC(=O)c1c(-c2ccc(F)cc2)oc2ccc(O)cc12. The van der Waals surface area contributed by atoms with Crippen molar-refractivity contribution in [2.75, 3.05) is 7.05 Å². The van der Waals surface area contributed by atoms with E-state index in [0.717, 1.165) is 0 Å². The smallest absolute Gasteiger partial charge is 0.255 e. The third kappa shape index (κ3) is 2.23. The van der Waals surface area contributed by atoms with Gasteiger partial charge in [-0.2, -0.15) is 0 Å². The Morgan fingerprint density at radius 3 is 2.57 bits per heavy atom. The number of carbonyl (C=O) groups is 1. The van der Waals surface area contributed by atoms with Crippen LogP contribution in [0.15, 0.2) is 46.9 Å². The van der Waals surface area contributed by atoms with Gasteiger partial charge in [0, 0.05) is 18.0 Å². The van der Waals surface area contributed by atoms with E-state index in [9.17, 15) is 14.3 Å². The molecule has 0 bridgehead atoms. The minimum atomic E-state index is -0.367. The third-order valence-corrected chi connectivity index (χ3v) is 3.23.